The average Bonchev–Trinajstić information content (AvgIpc) is 3.53. The molecule has 220 valence electrons. The van der Waals surface area contributed by atoms with Crippen molar-refractivity contribution in [1.29, 1.82) is 0 Å². The first-order valence-electron chi connectivity index (χ1n) is 15.4. The average molecular weight is 595 g/mol. The quantitative estimate of drug-likeness (QED) is 0.144. The topological polar surface area (TPSA) is 55.1 Å². The van der Waals surface area contributed by atoms with Gasteiger partial charge in [-0.2, -0.15) is 0 Å². The minimum atomic E-state index is 0.375. The van der Waals surface area contributed by atoms with Crippen LogP contribution < -0.4 is 0 Å². The zero-order valence-electron chi connectivity index (χ0n) is 25.2. The van der Waals surface area contributed by atoms with E-state index in [4.69, 9.17) is 14.4 Å². The predicted molar refractivity (Wildman–Crippen MR) is 193 cm³/mol. The molecule has 0 saturated heterocycles. The van der Waals surface area contributed by atoms with Crippen LogP contribution in [0.1, 0.15) is 17.5 Å². The Bertz CT molecular complexity index is 2380. The summed E-state index contributed by atoms with van der Waals surface area (Å²) < 4.78 is 8.99. The lowest BCUT2D eigenvalue weighted by Gasteiger charge is -2.12. The predicted octanol–water partition coefficient (Wildman–Crippen LogP) is 10.2. The van der Waals surface area contributed by atoms with Gasteiger partial charge >= 0.3 is 0 Å². The number of hydrogen-bond acceptors (Lipinski definition) is 2. The van der Waals surface area contributed by atoms with Crippen molar-refractivity contribution in [2.75, 3.05) is 0 Å². The molecule has 0 amide bonds. The van der Waals surface area contributed by atoms with Gasteiger partial charge in [0, 0.05) is 32.9 Å². The van der Waals surface area contributed by atoms with Gasteiger partial charge in [0.15, 0.2) is 11.7 Å². The fraction of sp³-hybridized carbons (Fsp3) is 0.0488. The zero-order chi connectivity index (χ0) is 30.9. The Morgan fingerprint density at radius 3 is 2.17 bits per heavy atom. The van der Waals surface area contributed by atoms with Crippen molar-refractivity contribution in [1.82, 2.24) is 4.57 Å². The molecule has 0 bridgehead atoms. The van der Waals surface area contributed by atoms with Crippen LogP contribution in [0.3, 0.4) is 0 Å². The number of aliphatic imine (C=N–C) groups is 3. The maximum Gasteiger partial charge on any atom is 0.161 e. The van der Waals surface area contributed by atoms with E-state index in [0.29, 0.717) is 18.2 Å². The van der Waals surface area contributed by atoms with E-state index in [9.17, 15) is 0 Å². The number of aromatic nitrogens is 1. The molecule has 8 rings (SSSR count). The van der Waals surface area contributed by atoms with Crippen LogP contribution in [0, 0.1) is 0 Å². The first-order chi connectivity index (χ1) is 22.8. The Morgan fingerprint density at radius 2 is 1.41 bits per heavy atom. The van der Waals surface area contributed by atoms with E-state index in [1.54, 1.807) is 0 Å². The van der Waals surface area contributed by atoms with E-state index >= 15 is 0 Å². The lowest BCUT2D eigenvalue weighted by molar-refractivity contribution is 0.662. The van der Waals surface area contributed by atoms with Gasteiger partial charge < -0.3 is 8.98 Å². The maximum atomic E-state index is 6.63. The second kappa shape index (κ2) is 11.8. The van der Waals surface area contributed by atoms with E-state index in [1.165, 1.54) is 10.8 Å². The summed E-state index contributed by atoms with van der Waals surface area (Å²) in [6, 6.07) is 39.6. The van der Waals surface area contributed by atoms with Gasteiger partial charge in [0.25, 0.3) is 0 Å². The molecule has 5 aromatic carbocycles. The molecule has 46 heavy (non-hydrogen) atoms. The summed E-state index contributed by atoms with van der Waals surface area (Å²) in [5, 5.41) is 4.58. The van der Waals surface area contributed by atoms with E-state index in [0.717, 1.165) is 61.8 Å². The Labute approximate surface area is 266 Å². The van der Waals surface area contributed by atoms with E-state index in [1.807, 2.05) is 60.7 Å². The third-order valence-electron chi connectivity index (χ3n) is 8.45. The molecule has 0 saturated carbocycles. The maximum absolute atomic E-state index is 6.63. The fourth-order valence-electron chi connectivity index (χ4n) is 6.33. The summed E-state index contributed by atoms with van der Waals surface area (Å²) in [5.74, 6) is 1.13. The third-order valence-corrected chi connectivity index (χ3v) is 8.45. The number of allylic oxidation sites excluding steroid dienone is 4. The second-order valence-electron chi connectivity index (χ2n) is 11.2. The first-order valence-corrected chi connectivity index (χ1v) is 15.4. The van der Waals surface area contributed by atoms with Crippen LogP contribution in [0.4, 0.5) is 0 Å². The summed E-state index contributed by atoms with van der Waals surface area (Å²) in [6.45, 7) is 4.19. The number of fused-ring (bicyclic) bond motifs is 6. The second-order valence-corrected chi connectivity index (χ2v) is 11.2. The summed E-state index contributed by atoms with van der Waals surface area (Å²) >= 11 is 0. The molecule has 2 heterocycles. The molecule has 0 spiro atoms. The van der Waals surface area contributed by atoms with Gasteiger partial charge in [-0.1, -0.05) is 121 Å². The number of furan rings is 1. The lowest BCUT2D eigenvalue weighted by Crippen LogP contribution is -2.06. The van der Waals surface area contributed by atoms with Crippen molar-refractivity contribution in [3.8, 4) is 5.69 Å². The molecule has 0 aliphatic heterocycles. The Hall–Kier alpha value is -6.07. The molecule has 1 aliphatic carbocycles. The molecular weight excluding hydrogens is 564 g/mol. The van der Waals surface area contributed by atoms with Crippen LogP contribution in [-0.4, -0.2) is 23.0 Å². The molecule has 5 heteroatoms. The molecule has 1 aliphatic rings. The largest absolute Gasteiger partial charge is 0.456 e. The van der Waals surface area contributed by atoms with Gasteiger partial charge in [-0.05, 0) is 37.4 Å². The smallest absolute Gasteiger partial charge is 0.161 e. The molecule has 2 aromatic heterocycles. The molecule has 0 N–H and O–H groups in total. The van der Waals surface area contributed by atoms with Gasteiger partial charge in [0.1, 0.15) is 11.2 Å². The summed E-state index contributed by atoms with van der Waals surface area (Å²) in [5.41, 5.74) is 7.86. The molecule has 0 unspecified atom stereocenters. The van der Waals surface area contributed by atoms with Crippen molar-refractivity contribution in [3.63, 3.8) is 0 Å². The number of amidine groups is 2. The highest BCUT2D eigenvalue weighted by Gasteiger charge is 2.20. The SMILES string of the molecule is C=NC(=NC(=NCc1ccc(-n2c3ccccc3c3ccccc32)c2c1oc1ccccc12)C1=CCC=CC=C1)c1ccccc1. The fourth-order valence-corrected chi connectivity index (χ4v) is 6.33. The van der Waals surface area contributed by atoms with E-state index in [2.05, 4.69) is 101 Å². The van der Waals surface area contributed by atoms with Crippen LogP contribution in [0.15, 0.2) is 171 Å². The molecular formula is C41H30N4O. The van der Waals surface area contributed by atoms with Crippen LogP contribution in [0.25, 0.3) is 49.4 Å². The molecule has 0 fully saturated rings. The number of para-hydroxylation sites is 3. The third kappa shape index (κ3) is 4.79. The number of rotatable bonds is 5. The highest BCUT2D eigenvalue weighted by Crippen LogP contribution is 2.40. The molecule has 0 atom stereocenters. The monoisotopic (exact) mass is 594 g/mol. The van der Waals surface area contributed by atoms with E-state index < -0.39 is 0 Å². The Balaban J connectivity index is 1.32. The van der Waals surface area contributed by atoms with E-state index in [-0.39, 0.29) is 0 Å². The normalized spacial score (nSPS) is 14.0. The van der Waals surface area contributed by atoms with Gasteiger partial charge in [0.2, 0.25) is 0 Å². The minimum absolute atomic E-state index is 0.375. The lowest BCUT2D eigenvalue weighted by atomic mass is 10.1. The number of hydrogen-bond donors (Lipinski definition) is 0. The van der Waals surface area contributed by atoms with Crippen molar-refractivity contribution in [3.05, 3.63) is 162 Å². The Kier molecular flexibility index (Phi) is 7.04. The van der Waals surface area contributed by atoms with Crippen molar-refractivity contribution < 1.29 is 4.42 Å². The standard InChI is InChI=1S/C41H30N4O/c1-42-40(28-15-7-4-8-16-28)44-41(29-17-5-2-3-6-18-29)43-27-30-25-26-36(38-33-21-11-14-24-37(33)46-39(30)38)45-34-22-12-9-19-31(34)32-20-10-13-23-35(32)45/h2-5,7-26H,1,6,27H2. The molecule has 5 nitrogen and oxygen atoms in total. The number of nitrogens with zero attached hydrogens (tertiary/aromatic N) is 4. The molecule has 0 radical (unpaired) electrons. The summed E-state index contributed by atoms with van der Waals surface area (Å²) in [4.78, 5) is 14.3. The first kappa shape index (κ1) is 27.5. The highest BCUT2D eigenvalue weighted by molar-refractivity contribution is 6.15. The minimum Gasteiger partial charge on any atom is -0.456 e. The van der Waals surface area contributed by atoms with Gasteiger partial charge in [-0.15, -0.1) is 0 Å². The van der Waals surface area contributed by atoms with Crippen molar-refractivity contribution in [2.45, 2.75) is 13.0 Å². The Morgan fingerprint density at radius 1 is 0.717 bits per heavy atom. The highest BCUT2D eigenvalue weighted by atomic mass is 16.3. The van der Waals surface area contributed by atoms with Crippen LogP contribution in [-0.2, 0) is 6.54 Å². The van der Waals surface area contributed by atoms with Gasteiger partial charge in [-0.25, -0.2) is 9.98 Å². The zero-order valence-corrected chi connectivity index (χ0v) is 25.2. The van der Waals surface area contributed by atoms with Gasteiger partial charge in [-0.3, -0.25) is 4.99 Å². The number of benzene rings is 5. The van der Waals surface area contributed by atoms with Crippen LogP contribution >= 0.6 is 0 Å². The van der Waals surface area contributed by atoms with Crippen LogP contribution in [0.5, 0.6) is 0 Å². The molecule has 7 aromatic rings. The van der Waals surface area contributed by atoms with Crippen molar-refractivity contribution >= 4 is 62.1 Å². The van der Waals surface area contributed by atoms with Gasteiger partial charge in [0.05, 0.1) is 28.7 Å². The summed E-state index contributed by atoms with van der Waals surface area (Å²) in [7, 11) is 0. The van der Waals surface area contributed by atoms with Crippen LogP contribution in [0.2, 0.25) is 0 Å². The van der Waals surface area contributed by atoms with Crippen molar-refractivity contribution in [2.24, 2.45) is 15.0 Å². The summed E-state index contributed by atoms with van der Waals surface area (Å²) in [6.07, 6.45) is 11.1.